The van der Waals surface area contributed by atoms with Gasteiger partial charge in [0, 0.05) is 19.6 Å². The molecular weight excluding hydrogens is 976 g/mol. The largest absolute Gasteiger partial charge is 0.394 e. The molecule has 5 fully saturated rings. The molecule has 0 aromatic heterocycles. The second-order valence-electron chi connectivity index (χ2n) is 17.7. The van der Waals surface area contributed by atoms with Crippen LogP contribution in [0.5, 0.6) is 0 Å². The van der Waals surface area contributed by atoms with Gasteiger partial charge in [0.2, 0.25) is 0 Å². The molecule has 5 rings (SSSR count). The first-order valence-corrected chi connectivity index (χ1v) is 22.9. The van der Waals surface area contributed by atoms with Crippen LogP contribution in [0.1, 0.15) is 13.8 Å². The van der Waals surface area contributed by atoms with Gasteiger partial charge in [-0.05, 0) is 6.92 Å². The standard InChI is InChI=1S/C40H72O31/c1-4-61-36-26(56)31(19(49)14(7-43)62-36)68-35(60-3)25(55)30(11(2)12(47)5-41)67-38-27(57)33(21(51)15(8-44)64-38)70-40-29(59)34(22(52)17(10-46)66-40)71-39-28(58)32(20(50)16(9-45)65-39)69-37-24(54)23(53)18(48)13(6-42)63-37/h11-59H,4-10H2,1-3H3/t11?,12-,13?,14?,15?,16?,17?,18?,19?,20?,21?,22?,23?,24?,25?,26?,27?,28?,29?,30?,31?,32?,33?,34?,35?,36?,37?,38?,39?,40?/m1/s1. The van der Waals surface area contributed by atoms with E-state index >= 15 is 0 Å². The minimum atomic E-state index is -2.25. The first kappa shape index (κ1) is 60.6. The van der Waals surface area contributed by atoms with E-state index in [4.69, 9.17) is 56.8 Å². The molecule has 31 heteroatoms. The van der Waals surface area contributed by atoms with Crippen LogP contribution in [0.25, 0.3) is 0 Å². The van der Waals surface area contributed by atoms with Gasteiger partial charge in [-0.2, -0.15) is 0 Å². The Morgan fingerprint density at radius 2 is 0.775 bits per heavy atom. The third kappa shape index (κ3) is 13.3. The highest BCUT2D eigenvalue weighted by molar-refractivity contribution is 4.99. The van der Waals surface area contributed by atoms with Gasteiger partial charge in [0.05, 0.1) is 51.8 Å². The van der Waals surface area contributed by atoms with Crippen LogP contribution in [0.15, 0.2) is 0 Å². The van der Waals surface area contributed by atoms with Gasteiger partial charge in [0.25, 0.3) is 0 Å². The second kappa shape index (κ2) is 27.2. The fourth-order valence-corrected chi connectivity index (χ4v) is 8.78. The van der Waals surface area contributed by atoms with Crippen molar-refractivity contribution < 1.29 is 154 Å². The number of aliphatic hydroxyl groups is 19. The van der Waals surface area contributed by atoms with Gasteiger partial charge in [0.1, 0.15) is 128 Å². The van der Waals surface area contributed by atoms with Crippen LogP contribution in [0.3, 0.4) is 0 Å². The molecule has 0 radical (unpaired) electrons. The minimum Gasteiger partial charge on any atom is -0.394 e. The summed E-state index contributed by atoms with van der Waals surface area (Å²) in [5.41, 5.74) is 0. The lowest BCUT2D eigenvalue weighted by atomic mass is 9.92. The normalized spacial score (nSPS) is 46.8. The molecule has 5 saturated heterocycles. The Balaban J connectivity index is 1.37. The summed E-state index contributed by atoms with van der Waals surface area (Å²) in [6.45, 7) is -2.76. The van der Waals surface area contributed by atoms with Crippen molar-refractivity contribution in [3.05, 3.63) is 0 Å². The zero-order chi connectivity index (χ0) is 52.8. The second-order valence-corrected chi connectivity index (χ2v) is 17.7. The predicted octanol–water partition coefficient (Wildman–Crippen LogP) is -12.2. The molecule has 0 bridgehead atoms. The molecule has 31 nitrogen and oxygen atoms in total. The zero-order valence-electron chi connectivity index (χ0n) is 38.7. The summed E-state index contributed by atoms with van der Waals surface area (Å²) in [4.78, 5) is 0. The van der Waals surface area contributed by atoms with Crippen molar-refractivity contribution in [2.24, 2.45) is 5.92 Å². The van der Waals surface area contributed by atoms with Gasteiger partial charge in [-0.15, -0.1) is 0 Å². The van der Waals surface area contributed by atoms with Gasteiger partial charge in [-0.3, -0.25) is 0 Å². The SMILES string of the molecule is CCOC1OC(CO)C(O)C(OC(OC)C(O)C(OC2OC(CO)C(O)C(OC3OC(CO)C(O)C(OC4OC(CO)C(O)C(OC5OC(CO)C(O)C(O)C5O)C4O)C3O)C2O)C(C)[C@H](O)CO)C1O. The van der Waals surface area contributed by atoms with E-state index < -0.39 is 224 Å². The highest BCUT2D eigenvalue weighted by Gasteiger charge is 2.57. The van der Waals surface area contributed by atoms with E-state index in [-0.39, 0.29) is 6.61 Å². The molecule has 0 amide bonds. The van der Waals surface area contributed by atoms with E-state index in [1.54, 1.807) is 6.92 Å². The van der Waals surface area contributed by atoms with Crippen LogP contribution < -0.4 is 0 Å². The van der Waals surface area contributed by atoms with Gasteiger partial charge < -0.3 is 154 Å². The smallest absolute Gasteiger partial charge is 0.187 e. The Morgan fingerprint density at radius 1 is 0.423 bits per heavy atom. The molecule has 0 aliphatic carbocycles. The van der Waals surface area contributed by atoms with E-state index in [0.717, 1.165) is 7.11 Å². The van der Waals surface area contributed by atoms with Crippen molar-refractivity contribution in [1.82, 2.24) is 0 Å². The summed E-state index contributed by atoms with van der Waals surface area (Å²) < 4.78 is 67.1. The molecule has 5 aliphatic rings. The first-order chi connectivity index (χ1) is 33.7. The predicted molar refractivity (Wildman–Crippen MR) is 220 cm³/mol. The molecule has 19 N–H and O–H groups in total. The van der Waals surface area contributed by atoms with E-state index in [1.165, 1.54) is 6.92 Å². The maximum Gasteiger partial charge on any atom is 0.187 e. The molecular formula is C40H72O31. The minimum absolute atomic E-state index is 0.0143. The van der Waals surface area contributed by atoms with Crippen molar-refractivity contribution in [2.45, 2.75) is 192 Å². The van der Waals surface area contributed by atoms with E-state index in [0.29, 0.717) is 0 Å². The van der Waals surface area contributed by atoms with Crippen molar-refractivity contribution in [3.63, 3.8) is 0 Å². The Morgan fingerprint density at radius 3 is 1.17 bits per heavy atom. The summed E-state index contributed by atoms with van der Waals surface area (Å²) >= 11 is 0. The molecule has 0 aromatic rings. The molecule has 0 saturated carbocycles. The van der Waals surface area contributed by atoms with Crippen molar-refractivity contribution >= 4 is 0 Å². The lowest BCUT2D eigenvalue weighted by Gasteiger charge is -2.49. The van der Waals surface area contributed by atoms with Crippen LogP contribution in [0.2, 0.25) is 0 Å². The van der Waals surface area contributed by atoms with Crippen LogP contribution >= 0.6 is 0 Å². The molecule has 29 unspecified atom stereocenters. The maximum absolute atomic E-state index is 11.8. The number of aliphatic hydroxyl groups excluding tert-OH is 19. The van der Waals surface area contributed by atoms with Gasteiger partial charge in [-0.25, -0.2) is 0 Å². The average Bonchev–Trinajstić information content (AvgIpc) is 3.36. The Bertz CT molecular complexity index is 1540. The molecule has 5 heterocycles. The van der Waals surface area contributed by atoms with Crippen LogP contribution in [0, 0.1) is 5.92 Å². The summed E-state index contributed by atoms with van der Waals surface area (Å²) in [7, 11) is 1.03. The zero-order valence-corrected chi connectivity index (χ0v) is 38.7. The van der Waals surface area contributed by atoms with Gasteiger partial charge in [0.15, 0.2) is 37.7 Å². The maximum atomic E-state index is 11.8. The number of hydrogen-bond donors (Lipinski definition) is 19. The molecule has 0 aromatic carbocycles. The highest BCUT2D eigenvalue weighted by atomic mass is 16.8. The highest BCUT2D eigenvalue weighted by Crippen LogP contribution is 2.36. The van der Waals surface area contributed by atoms with E-state index in [1.807, 2.05) is 0 Å². The summed E-state index contributed by atoms with van der Waals surface area (Å²) in [6, 6.07) is 0. The fourth-order valence-electron chi connectivity index (χ4n) is 8.78. The molecule has 418 valence electrons. The van der Waals surface area contributed by atoms with Gasteiger partial charge >= 0.3 is 0 Å². The van der Waals surface area contributed by atoms with E-state index in [9.17, 15) is 97.0 Å². The van der Waals surface area contributed by atoms with Crippen LogP contribution in [-0.4, -0.2) is 329 Å². The summed E-state index contributed by atoms with van der Waals surface area (Å²) in [5, 5.41) is 203. The number of hydrogen-bond acceptors (Lipinski definition) is 31. The quantitative estimate of drug-likeness (QED) is 0.0423. The summed E-state index contributed by atoms with van der Waals surface area (Å²) in [6.07, 6.45) is -54.9. The van der Waals surface area contributed by atoms with Crippen LogP contribution in [0.4, 0.5) is 0 Å². The van der Waals surface area contributed by atoms with Crippen molar-refractivity contribution in [3.8, 4) is 0 Å². The van der Waals surface area contributed by atoms with Crippen molar-refractivity contribution in [1.29, 1.82) is 0 Å². The topological polar surface area (TPSA) is 495 Å². The molecule has 71 heavy (non-hydrogen) atoms. The molecule has 0 spiro atoms. The fraction of sp³-hybridized carbons (Fsp3) is 1.00. The first-order valence-electron chi connectivity index (χ1n) is 22.9. The molecule has 5 aliphatic heterocycles. The lowest BCUT2D eigenvalue weighted by Crippen LogP contribution is -2.68. The Labute approximate surface area is 404 Å². The van der Waals surface area contributed by atoms with E-state index in [2.05, 4.69) is 0 Å². The average molecular weight is 1050 g/mol. The van der Waals surface area contributed by atoms with Gasteiger partial charge in [-0.1, -0.05) is 6.92 Å². The number of ether oxygens (including phenoxy) is 12. The third-order valence-corrected chi connectivity index (χ3v) is 13.1. The lowest BCUT2D eigenvalue weighted by molar-refractivity contribution is -0.393. The summed E-state index contributed by atoms with van der Waals surface area (Å²) in [5.74, 6) is -1.35. The monoisotopic (exact) mass is 1050 g/mol. The Kier molecular flexibility index (Phi) is 23.2. The van der Waals surface area contributed by atoms with Crippen molar-refractivity contribution in [2.75, 3.05) is 53.4 Å². The molecule has 30 atom stereocenters. The van der Waals surface area contributed by atoms with Crippen LogP contribution in [-0.2, 0) is 56.8 Å². The third-order valence-electron chi connectivity index (χ3n) is 13.1. The Hall–Kier alpha value is -1.24. The number of rotatable bonds is 23. The number of methoxy groups -OCH3 is 1.